The number of aryl methyl sites for hydroxylation is 2. The molecule has 0 atom stereocenters. The maximum absolute atomic E-state index is 6.42. The second kappa shape index (κ2) is 15.6. The Hall–Kier alpha value is -7.96. The Morgan fingerprint density at radius 3 is 1.84 bits per heavy atom. The first-order valence-corrected chi connectivity index (χ1v) is 26.7. The van der Waals surface area contributed by atoms with Crippen LogP contribution >= 0.6 is 11.3 Å². The van der Waals surface area contributed by atoms with E-state index in [-0.39, 0.29) is 0 Å². The Morgan fingerprint density at radius 2 is 1.01 bits per heavy atom. The maximum atomic E-state index is 6.42. The minimum atomic E-state index is -2.77. The summed E-state index contributed by atoms with van der Waals surface area (Å²) < 4.78 is 14.2. The summed E-state index contributed by atoms with van der Waals surface area (Å²) in [6.45, 7) is 0.841. The fourth-order valence-corrected chi connectivity index (χ4v) is 17.6. The van der Waals surface area contributed by atoms with Gasteiger partial charge in [-0.15, -0.1) is 11.3 Å². The van der Waals surface area contributed by atoms with Gasteiger partial charge < -0.3 is 13.6 Å². The van der Waals surface area contributed by atoms with E-state index in [0.717, 1.165) is 35.6 Å². The van der Waals surface area contributed by atoms with Crippen molar-refractivity contribution < 1.29 is 4.42 Å². The SMILES string of the molecule is c1ccc([Si](Cc2cccc3c2c2ccccc2n3CCc2cccc3c4ccccc4n(-c4ccc5c(c4)sc4ccccc45)c23)(c2ccccc2)c2ccc3oc4ccccc4c3c2)cc1. The van der Waals surface area contributed by atoms with E-state index in [4.69, 9.17) is 4.42 Å². The first-order chi connectivity index (χ1) is 33.7. The van der Waals surface area contributed by atoms with Crippen LogP contribution in [0.2, 0.25) is 0 Å². The second-order valence-corrected chi connectivity index (χ2v) is 23.3. The molecule has 0 spiro atoms. The standard InChI is InChI=1S/C63H44N2OSSi/c1-3-19-45(20-4-1)68(46-21-5-2-6-22-46,47-34-36-59-54(40-47)49-24-9-13-31-58(49)66-59)41-43-18-16-30-57-62(43)53-26-8-11-28-55(53)64(57)38-37-42-17-15-27-52-48-23-7-12-29-56(48)65(63(42)52)44-33-35-51-50-25-10-14-32-60(50)67-61(51)39-44/h1-36,39-40H,37-38,41H2. The zero-order valence-corrected chi connectivity index (χ0v) is 39.1. The van der Waals surface area contributed by atoms with Crippen molar-refractivity contribution in [3.8, 4) is 5.69 Å². The molecule has 4 heterocycles. The topological polar surface area (TPSA) is 23.0 Å². The number of fused-ring (bicyclic) bond motifs is 12. The highest BCUT2D eigenvalue weighted by molar-refractivity contribution is 7.25. The van der Waals surface area contributed by atoms with E-state index in [1.165, 1.54) is 102 Å². The molecule has 0 saturated heterocycles. The number of thiophene rings is 1. The molecule has 0 radical (unpaired) electrons. The van der Waals surface area contributed by atoms with E-state index in [1.807, 2.05) is 11.3 Å². The molecule has 0 amide bonds. The molecular weight excluding hydrogens is 861 g/mol. The van der Waals surface area contributed by atoms with Crippen molar-refractivity contribution in [2.75, 3.05) is 0 Å². The number of rotatable bonds is 9. The molecule has 0 aliphatic carbocycles. The summed E-state index contributed by atoms with van der Waals surface area (Å²) in [6.07, 6.45) is 0.877. The Bertz CT molecular complexity index is 4210. The summed E-state index contributed by atoms with van der Waals surface area (Å²) in [6, 6.07) is 86.9. The highest BCUT2D eigenvalue weighted by Gasteiger charge is 2.40. The van der Waals surface area contributed by atoms with Crippen LogP contribution < -0.4 is 15.6 Å². The average molecular weight is 905 g/mol. The molecule has 0 aliphatic rings. The third-order valence-electron chi connectivity index (χ3n) is 14.7. The smallest absolute Gasteiger partial charge is 0.152 e. The van der Waals surface area contributed by atoms with Crippen molar-refractivity contribution in [1.82, 2.24) is 9.13 Å². The van der Waals surface area contributed by atoms with Crippen LogP contribution in [0.3, 0.4) is 0 Å². The van der Waals surface area contributed by atoms with Gasteiger partial charge in [-0.05, 0) is 87.7 Å². The minimum absolute atomic E-state index is 0.841. The first kappa shape index (κ1) is 39.2. The average Bonchev–Trinajstić information content (AvgIpc) is 4.15. The molecule has 4 aromatic heterocycles. The second-order valence-electron chi connectivity index (χ2n) is 18.3. The Balaban J connectivity index is 0.931. The number of hydrogen-bond acceptors (Lipinski definition) is 2. The van der Waals surface area contributed by atoms with Crippen LogP contribution in [-0.2, 0) is 19.0 Å². The van der Waals surface area contributed by atoms with Crippen molar-refractivity contribution in [1.29, 1.82) is 0 Å². The number of nitrogens with zero attached hydrogens (tertiary/aromatic N) is 2. The van der Waals surface area contributed by atoms with E-state index in [1.54, 1.807) is 0 Å². The van der Waals surface area contributed by atoms with Crippen molar-refractivity contribution in [3.05, 3.63) is 242 Å². The lowest BCUT2D eigenvalue weighted by Gasteiger charge is -2.34. The summed E-state index contributed by atoms with van der Waals surface area (Å²) in [4.78, 5) is 0. The fraction of sp³-hybridized carbons (Fsp3) is 0.0476. The molecule has 0 fully saturated rings. The molecule has 5 heteroatoms. The molecule has 68 heavy (non-hydrogen) atoms. The van der Waals surface area contributed by atoms with Gasteiger partial charge >= 0.3 is 0 Å². The molecule has 322 valence electrons. The quantitative estimate of drug-likeness (QED) is 0.105. The monoisotopic (exact) mass is 904 g/mol. The summed E-state index contributed by atoms with van der Waals surface area (Å²) in [5, 5.41) is 14.4. The Labute approximate surface area is 398 Å². The van der Waals surface area contributed by atoms with Crippen molar-refractivity contribution >= 4 is 121 Å². The lowest BCUT2D eigenvalue weighted by Crippen LogP contribution is -2.68. The molecule has 0 saturated carbocycles. The molecule has 0 unspecified atom stereocenters. The van der Waals surface area contributed by atoms with Gasteiger partial charge in [0.1, 0.15) is 11.2 Å². The largest absolute Gasteiger partial charge is 0.456 e. The fourth-order valence-electron chi connectivity index (χ4n) is 11.7. The lowest BCUT2D eigenvalue weighted by molar-refractivity contribution is 0.669. The number of benzene rings is 10. The zero-order chi connectivity index (χ0) is 44.8. The van der Waals surface area contributed by atoms with Crippen LogP contribution in [0.25, 0.3) is 91.4 Å². The number of aromatic nitrogens is 2. The van der Waals surface area contributed by atoms with Crippen LogP contribution in [0.4, 0.5) is 0 Å². The van der Waals surface area contributed by atoms with Crippen LogP contribution in [-0.4, -0.2) is 17.2 Å². The molecule has 0 aliphatic heterocycles. The molecule has 3 nitrogen and oxygen atoms in total. The van der Waals surface area contributed by atoms with Gasteiger partial charge in [0.15, 0.2) is 8.07 Å². The first-order valence-electron chi connectivity index (χ1n) is 23.7. The zero-order valence-electron chi connectivity index (χ0n) is 37.3. The van der Waals surface area contributed by atoms with Crippen LogP contribution in [0.5, 0.6) is 0 Å². The van der Waals surface area contributed by atoms with Gasteiger partial charge in [-0.3, -0.25) is 0 Å². The summed E-state index contributed by atoms with van der Waals surface area (Å²) in [5.41, 5.74) is 10.9. The maximum Gasteiger partial charge on any atom is 0.152 e. The van der Waals surface area contributed by atoms with E-state index in [0.29, 0.717) is 0 Å². The van der Waals surface area contributed by atoms with Crippen molar-refractivity contribution in [3.63, 3.8) is 0 Å². The summed E-state index contributed by atoms with van der Waals surface area (Å²) in [7, 11) is -2.77. The van der Waals surface area contributed by atoms with E-state index >= 15 is 0 Å². The molecule has 10 aromatic carbocycles. The van der Waals surface area contributed by atoms with Crippen LogP contribution in [0.15, 0.2) is 235 Å². The predicted molar refractivity (Wildman–Crippen MR) is 292 cm³/mol. The van der Waals surface area contributed by atoms with Crippen LogP contribution in [0, 0.1) is 0 Å². The predicted octanol–water partition coefficient (Wildman–Crippen LogP) is 14.7. The van der Waals surface area contributed by atoms with Gasteiger partial charge in [0.25, 0.3) is 0 Å². The third kappa shape index (κ3) is 5.96. The normalized spacial score (nSPS) is 12.3. The van der Waals surface area contributed by atoms with Gasteiger partial charge in [0.2, 0.25) is 0 Å². The molecule has 14 rings (SSSR count). The van der Waals surface area contributed by atoms with Crippen LogP contribution in [0.1, 0.15) is 11.1 Å². The van der Waals surface area contributed by atoms with E-state index in [2.05, 4.69) is 240 Å². The Kier molecular flexibility index (Phi) is 8.98. The minimum Gasteiger partial charge on any atom is -0.456 e. The molecule has 14 aromatic rings. The number of furan rings is 1. The highest BCUT2D eigenvalue weighted by atomic mass is 32.1. The van der Waals surface area contributed by atoms with E-state index < -0.39 is 8.07 Å². The van der Waals surface area contributed by atoms with Gasteiger partial charge in [-0.25, -0.2) is 0 Å². The summed E-state index contributed by atoms with van der Waals surface area (Å²) >= 11 is 1.88. The molecular formula is C63H44N2OSSi. The van der Waals surface area contributed by atoms with E-state index in [9.17, 15) is 0 Å². The van der Waals surface area contributed by atoms with Gasteiger partial charge in [-0.2, -0.15) is 0 Å². The summed E-state index contributed by atoms with van der Waals surface area (Å²) in [5.74, 6) is 0. The lowest BCUT2D eigenvalue weighted by atomic mass is 10.1. The Morgan fingerprint density at radius 1 is 0.397 bits per heavy atom. The number of para-hydroxylation sites is 4. The van der Waals surface area contributed by atoms with Crippen molar-refractivity contribution in [2.45, 2.75) is 19.0 Å². The van der Waals surface area contributed by atoms with Crippen molar-refractivity contribution in [2.24, 2.45) is 0 Å². The van der Waals surface area contributed by atoms with Gasteiger partial charge in [-0.1, -0.05) is 182 Å². The van der Waals surface area contributed by atoms with Gasteiger partial charge in [0, 0.05) is 75.8 Å². The third-order valence-corrected chi connectivity index (χ3v) is 20.7. The highest BCUT2D eigenvalue weighted by Crippen LogP contribution is 2.40. The molecule has 0 N–H and O–H groups in total. The molecule has 0 bridgehead atoms. The van der Waals surface area contributed by atoms with Gasteiger partial charge in [0.05, 0.1) is 11.0 Å². The number of hydrogen-bond donors (Lipinski definition) is 0.